The third kappa shape index (κ3) is 3.43. The van der Waals surface area contributed by atoms with E-state index in [1.165, 1.54) is 14.2 Å². The van der Waals surface area contributed by atoms with E-state index in [1.807, 2.05) is 4.90 Å². The van der Waals surface area contributed by atoms with E-state index in [-0.39, 0.29) is 11.3 Å². The maximum absolute atomic E-state index is 13.1. The number of aromatic nitrogens is 1. The second-order valence-corrected chi connectivity index (χ2v) is 6.72. The highest BCUT2D eigenvalue weighted by molar-refractivity contribution is 5.96. The van der Waals surface area contributed by atoms with Crippen LogP contribution in [0.5, 0.6) is 11.8 Å². The fraction of sp³-hybridized carbons (Fsp3) is 0.667. The molecule has 3 heterocycles. The number of nitrogens with zero attached hydrogens (tertiary/aromatic N) is 2. The molecule has 2 fully saturated rings. The minimum absolute atomic E-state index is 0.0588. The van der Waals surface area contributed by atoms with Crippen LogP contribution in [0.15, 0.2) is 12.1 Å². The molecule has 2 aliphatic heterocycles. The predicted octanol–water partition coefficient (Wildman–Crippen LogP) is 1.61. The van der Waals surface area contributed by atoms with Gasteiger partial charge in [-0.1, -0.05) is 0 Å². The van der Waals surface area contributed by atoms with Gasteiger partial charge in [-0.3, -0.25) is 4.79 Å². The van der Waals surface area contributed by atoms with Crippen LogP contribution >= 0.6 is 0 Å². The zero-order valence-electron chi connectivity index (χ0n) is 15.1. The Morgan fingerprint density at radius 3 is 2.68 bits per heavy atom. The summed E-state index contributed by atoms with van der Waals surface area (Å²) in [6, 6.07) is 3.40. The van der Waals surface area contributed by atoms with E-state index in [0.717, 1.165) is 32.6 Å². The lowest BCUT2D eigenvalue weighted by Crippen LogP contribution is -2.39. The predicted molar refractivity (Wildman–Crippen MR) is 91.1 cm³/mol. The lowest BCUT2D eigenvalue weighted by molar-refractivity contribution is -0.0169. The molecular weight excluding hydrogens is 324 g/mol. The lowest BCUT2D eigenvalue weighted by atomic mass is 9.72. The average Bonchev–Trinajstić information content (AvgIpc) is 2.99. The molecule has 0 N–H and O–H groups in total. The number of hydrogen-bond acceptors (Lipinski definition) is 6. The molecule has 1 amide bonds. The number of hydrogen-bond donors (Lipinski definition) is 0. The van der Waals surface area contributed by atoms with Crippen molar-refractivity contribution in [1.29, 1.82) is 0 Å². The molecule has 138 valence electrons. The Labute approximate surface area is 148 Å². The van der Waals surface area contributed by atoms with Crippen LogP contribution in [0.3, 0.4) is 0 Å². The summed E-state index contributed by atoms with van der Waals surface area (Å²) >= 11 is 0. The fourth-order valence-corrected chi connectivity index (χ4v) is 3.99. The van der Waals surface area contributed by atoms with Crippen LogP contribution in [0.2, 0.25) is 0 Å². The Morgan fingerprint density at radius 1 is 1.28 bits per heavy atom. The van der Waals surface area contributed by atoms with Crippen molar-refractivity contribution in [2.24, 2.45) is 11.3 Å². The smallest absolute Gasteiger partial charge is 0.259 e. The first-order chi connectivity index (χ1) is 12.1. The van der Waals surface area contributed by atoms with Gasteiger partial charge in [-0.25, -0.2) is 0 Å². The maximum Gasteiger partial charge on any atom is 0.259 e. The van der Waals surface area contributed by atoms with Gasteiger partial charge in [0, 0.05) is 45.4 Å². The number of carbonyl (C=O) groups is 1. The van der Waals surface area contributed by atoms with Crippen molar-refractivity contribution in [1.82, 2.24) is 9.88 Å². The zero-order valence-corrected chi connectivity index (χ0v) is 15.1. The van der Waals surface area contributed by atoms with E-state index in [4.69, 9.17) is 18.9 Å². The second kappa shape index (κ2) is 7.58. The summed E-state index contributed by atoms with van der Waals surface area (Å²) in [5.41, 5.74) is 0.542. The first-order valence-corrected chi connectivity index (χ1v) is 8.58. The van der Waals surface area contributed by atoms with Gasteiger partial charge in [0.25, 0.3) is 5.91 Å². The minimum Gasteiger partial charge on any atom is -0.481 e. The Morgan fingerprint density at radius 2 is 2.04 bits per heavy atom. The van der Waals surface area contributed by atoms with Crippen molar-refractivity contribution < 1.29 is 23.7 Å². The Hall–Kier alpha value is -1.86. The molecule has 7 heteroatoms. The third-order valence-corrected chi connectivity index (χ3v) is 5.42. The first-order valence-electron chi connectivity index (χ1n) is 8.58. The molecule has 2 aliphatic rings. The monoisotopic (exact) mass is 350 g/mol. The highest BCUT2D eigenvalue weighted by atomic mass is 16.5. The number of likely N-dealkylation sites (tertiary alicyclic amines) is 1. The molecule has 0 aromatic carbocycles. The quantitative estimate of drug-likeness (QED) is 0.804. The summed E-state index contributed by atoms with van der Waals surface area (Å²) in [4.78, 5) is 19.2. The molecule has 0 bridgehead atoms. The van der Waals surface area contributed by atoms with Crippen LogP contribution in [0.4, 0.5) is 0 Å². The van der Waals surface area contributed by atoms with Gasteiger partial charge >= 0.3 is 0 Å². The molecular formula is C18H26N2O5. The van der Waals surface area contributed by atoms with Crippen LogP contribution < -0.4 is 9.47 Å². The molecule has 1 unspecified atom stereocenters. The molecule has 0 radical (unpaired) electrons. The summed E-state index contributed by atoms with van der Waals surface area (Å²) in [5.74, 6) is 0.979. The topological polar surface area (TPSA) is 70.1 Å². The SMILES string of the molecule is COCC1CN(C(=O)c2ccc(OC)nc2OC)CC12CCOCC2. The van der Waals surface area contributed by atoms with E-state index >= 15 is 0 Å². The van der Waals surface area contributed by atoms with Crippen molar-refractivity contribution in [3.63, 3.8) is 0 Å². The molecule has 25 heavy (non-hydrogen) atoms. The number of ether oxygens (including phenoxy) is 4. The summed E-state index contributed by atoms with van der Waals surface area (Å²) in [6.45, 7) is 3.55. The van der Waals surface area contributed by atoms with Gasteiger partial charge in [0.1, 0.15) is 5.56 Å². The molecule has 7 nitrogen and oxygen atoms in total. The Balaban J connectivity index is 1.83. The molecule has 2 saturated heterocycles. The first kappa shape index (κ1) is 17.9. The normalized spacial score (nSPS) is 22.2. The molecule has 1 aromatic heterocycles. The van der Waals surface area contributed by atoms with Crippen LogP contribution in [-0.2, 0) is 9.47 Å². The van der Waals surface area contributed by atoms with Gasteiger partial charge in [0.15, 0.2) is 0 Å². The minimum atomic E-state index is -0.0588. The number of methoxy groups -OCH3 is 3. The van der Waals surface area contributed by atoms with E-state index < -0.39 is 0 Å². The standard InChI is InChI=1S/C18H26N2O5/c1-22-11-13-10-20(12-18(13)6-8-25-9-7-18)17(21)14-4-5-15(23-2)19-16(14)24-3/h4-5,13H,6-12H2,1-3H3. The van der Waals surface area contributed by atoms with E-state index in [2.05, 4.69) is 4.98 Å². The van der Waals surface area contributed by atoms with Gasteiger partial charge in [-0.05, 0) is 24.3 Å². The van der Waals surface area contributed by atoms with Crippen LogP contribution in [0, 0.1) is 11.3 Å². The molecule has 0 aliphatic carbocycles. The second-order valence-electron chi connectivity index (χ2n) is 6.72. The van der Waals surface area contributed by atoms with E-state index in [1.54, 1.807) is 19.2 Å². The largest absolute Gasteiger partial charge is 0.481 e. The van der Waals surface area contributed by atoms with Crippen LogP contribution in [0.1, 0.15) is 23.2 Å². The number of rotatable bonds is 5. The zero-order chi connectivity index (χ0) is 17.9. The van der Waals surface area contributed by atoms with Crippen LogP contribution in [-0.4, -0.2) is 70.0 Å². The van der Waals surface area contributed by atoms with Crippen molar-refractivity contribution >= 4 is 5.91 Å². The molecule has 1 spiro atoms. The molecule has 1 atom stereocenters. The van der Waals surface area contributed by atoms with Crippen LogP contribution in [0.25, 0.3) is 0 Å². The highest BCUT2D eigenvalue weighted by Crippen LogP contribution is 2.45. The number of carbonyl (C=O) groups excluding carboxylic acids is 1. The van der Waals surface area contributed by atoms with Gasteiger partial charge in [-0.15, -0.1) is 0 Å². The number of amides is 1. The van der Waals surface area contributed by atoms with E-state index in [0.29, 0.717) is 36.4 Å². The fourth-order valence-electron chi connectivity index (χ4n) is 3.99. The van der Waals surface area contributed by atoms with Crippen molar-refractivity contribution in [3.8, 4) is 11.8 Å². The van der Waals surface area contributed by atoms with Gasteiger partial charge in [0.2, 0.25) is 11.8 Å². The molecule has 0 saturated carbocycles. The summed E-state index contributed by atoms with van der Waals surface area (Å²) in [5, 5.41) is 0. The highest BCUT2D eigenvalue weighted by Gasteiger charge is 2.48. The maximum atomic E-state index is 13.1. The number of pyridine rings is 1. The summed E-state index contributed by atoms with van der Waals surface area (Å²) < 4.78 is 21.4. The summed E-state index contributed by atoms with van der Waals surface area (Å²) in [6.07, 6.45) is 1.92. The van der Waals surface area contributed by atoms with E-state index in [9.17, 15) is 4.79 Å². The molecule has 1 aromatic rings. The van der Waals surface area contributed by atoms with Crippen molar-refractivity contribution in [3.05, 3.63) is 17.7 Å². The average molecular weight is 350 g/mol. The van der Waals surface area contributed by atoms with Gasteiger partial charge in [-0.2, -0.15) is 4.98 Å². The van der Waals surface area contributed by atoms with Crippen molar-refractivity contribution in [2.75, 3.05) is 54.2 Å². The Kier molecular flexibility index (Phi) is 5.44. The molecule has 3 rings (SSSR count). The Bertz CT molecular complexity index is 615. The van der Waals surface area contributed by atoms with Gasteiger partial charge < -0.3 is 23.8 Å². The van der Waals surface area contributed by atoms with Gasteiger partial charge in [0.05, 0.1) is 20.8 Å². The summed E-state index contributed by atoms with van der Waals surface area (Å²) in [7, 11) is 4.76. The lowest BCUT2D eigenvalue weighted by Gasteiger charge is -2.37. The van der Waals surface area contributed by atoms with Crippen molar-refractivity contribution in [2.45, 2.75) is 12.8 Å². The third-order valence-electron chi connectivity index (χ3n) is 5.42.